The second kappa shape index (κ2) is 15.2. The van der Waals surface area contributed by atoms with Crippen LogP contribution in [0.5, 0.6) is 5.75 Å². The van der Waals surface area contributed by atoms with Gasteiger partial charge in [-0.15, -0.1) is 0 Å². The van der Waals surface area contributed by atoms with E-state index in [2.05, 4.69) is 36.9 Å². The molecule has 0 spiro atoms. The van der Waals surface area contributed by atoms with E-state index >= 15 is 0 Å². The molecular weight excluding hydrogens is 400 g/mol. The van der Waals surface area contributed by atoms with Gasteiger partial charge in [0.05, 0.1) is 6.61 Å². The molecule has 0 N–H and O–H groups in total. The van der Waals surface area contributed by atoms with Crippen LogP contribution in [0, 0.1) is 0 Å². The molecule has 0 radical (unpaired) electrons. The zero-order valence-corrected chi connectivity index (χ0v) is 21.8. The summed E-state index contributed by atoms with van der Waals surface area (Å²) in [6.07, 6.45) is 6.98. The average Bonchev–Trinajstić information content (AvgIpc) is 2.78. The highest BCUT2D eigenvalue weighted by Crippen LogP contribution is 2.25. The Balaban J connectivity index is 0.000000944. The zero-order valence-electron chi connectivity index (χ0n) is 21.8. The fourth-order valence-electron chi connectivity index (χ4n) is 3.77. The van der Waals surface area contributed by atoms with E-state index in [4.69, 9.17) is 9.47 Å². The molecule has 0 aliphatic carbocycles. The van der Waals surface area contributed by atoms with Gasteiger partial charge in [-0.1, -0.05) is 46.6 Å². The molecule has 0 atom stereocenters. The van der Waals surface area contributed by atoms with Crippen molar-refractivity contribution >= 4 is 6.09 Å². The van der Waals surface area contributed by atoms with Crippen LogP contribution in [0.25, 0.3) is 0 Å². The first kappa shape index (κ1) is 28.3. The summed E-state index contributed by atoms with van der Waals surface area (Å²) in [6.45, 7) is 19.6. The van der Waals surface area contributed by atoms with Gasteiger partial charge in [-0.2, -0.15) is 0 Å². The summed E-state index contributed by atoms with van der Waals surface area (Å²) in [4.78, 5) is 16.7. The van der Waals surface area contributed by atoms with Crippen LogP contribution in [-0.4, -0.2) is 54.3 Å². The van der Waals surface area contributed by atoms with E-state index in [1.165, 1.54) is 49.9 Å². The van der Waals surface area contributed by atoms with Crippen molar-refractivity contribution in [3.63, 3.8) is 0 Å². The molecule has 1 amide bonds. The Labute approximate surface area is 197 Å². The van der Waals surface area contributed by atoms with E-state index < -0.39 is 5.60 Å². The van der Waals surface area contributed by atoms with Crippen molar-refractivity contribution in [1.82, 2.24) is 9.80 Å². The summed E-state index contributed by atoms with van der Waals surface area (Å²) in [5.41, 5.74) is 2.01. The van der Waals surface area contributed by atoms with Gasteiger partial charge in [-0.3, -0.25) is 0 Å². The number of hydrogen-bond acceptors (Lipinski definition) is 4. The van der Waals surface area contributed by atoms with Crippen LogP contribution in [0.1, 0.15) is 91.7 Å². The number of amides is 1. The van der Waals surface area contributed by atoms with Crippen molar-refractivity contribution in [1.29, 1.82) is 0 Å². The fraction of sp³-hybridized carbons (Fsp3) is 0.741. The molecule has 3 rings (SSSR count). The molecule has 5 heteroatoms. The van der Waals surface area contributed by atoms with Crippen LogP contribution in [0.2, 0.25) is 0 Å². The number of hydrogen-bond donors (Lipinski definition) is 0. The van der Waals surface area contributed by atoms with Gasteiger partial charge in [-0.05, 0) is 82.8 Å². The molecule has 5 nitrogen and oxygen atoms in total. The molecule has 1 saturated heterocycles. The van der Waals surface area contributed by atoms with Crippen molar-refractivity contribution in [2.75, 3.05) is 32.8 Å². The largest absolute Gasteiger partial charge is 0.494 e. The molecule has 2 aliphatic heterocycles. The van der Waals surface area contributed by atoms with Crippen LogP contribution < -0.4 is 4.74 Å². The molecule has 0 bridgehead atoms. The van der Waals surface area contributed by atoms with Gasteiger partial charge >= 0.3 is 6.09 Å². The highest BCUT2D eigenvalue weighted by Gasteiger charge is 2.25. The molecule has 32 heavy (non-hydrogen) atoms. The van der Waals surface area contributed by atoms with Gasteiger partial charge in [0, 0.05) is 19.6 Å². The fourth-order valence-corrected chi connectivity index (χ4v) is 3.77. The third kappa shape index (κ3) is 10.7. The number of carbonyl (C=O) groups excluding carboxylic acids is 1. The number of likely N-dealkylation sites (tertiary alicyclic amines) is 1. The average molecular weight is 449 g/mol. The molecule has 2 aliphatic rings. The molecule has 2 heterocycles. The molecule has 0 unspecified atom stereocenters. The van der Waals surface area contributed by atoms with Gasteiger partial charge in [0.1, 0.15) is 11.4 Å². The first-order valence-electron chi connectivity index (χ1n) is 12.8. The summed E-state index contributed by atoms with van der Waals surface area (Å²) in [5.74, 6) is 0.901. The lowest BCUT2D eigenvalue weighted by Crippen LogP contribution is -2.39. The number of ether oxygens (including phenoxy) is 2. The summed E-state index contributed by atoms with van der Waals surface area (Å²) < 4.78 is 11.5. The van der Waals surface area contributed by atoms with Crippen molar-refractivity contribution in [2.45, 2.75) is 99.1 Å². The number of benzene rings is 1. The summed E-state index contributed by atoms with van der Waals surface area (Å²) >= 11 is 0. The van der Waals surface area contributed by atoms with Crippen molar-refractivity contribution in [3.8, 4) is 5.75 Å². The lowest BCUT2D eigenvalue weighted by Gasteiger charge is -2.31. The van der Waals surface area contributed by atoms with E-state index in [0.29, 0.717) is 13.1 Å². The molecule has 1 aromatic rings. The number of fused-ring (bicyclic) bond motifs is 1. The van der Waals surface area contributed by atoms with Crippen molar-refractivity contribution in [2.24, 2.45) is 0 Å². The Kier molecular flexibility index (Phi) is 13.4. The van der Waals surface area contributed by atoms with E-state index in [-0.39, 0.29) is 6.09 Å². The number of nitrogens with zero attached hydrogens (tertiary/aromatic N) is 2. The number of piperidine rings is 1. The SMILES string of the molecule is CC.CC(C)(C)OC(=O)N1CCc2ccc(OCCCN3CCCCC3)cc2C1.CCC. The van der Waals surface area contributed by atoms with E-state index in [1.54, 1.807) is 4.90 Å². The monoisotopic (exact) mass is 448 g/mol. The standard InChI is InChI=1S/C22H34N2O3.C3H8.C2H6/c1-22(2,3)27-21(25)24-14-10-18-8-9-20(16-19(18)17-24)26-15-7-13-23-11-5-4-6-12-23;1-3-2;1-2/h8-9,16H,4-7,10-15,17H2,1-3H3;3H2,1-2H3;1-2H3. The van der Waals surface area contributed by atoms with Gasteiger partial charge in [0.2, 0.25) is 0 Å². The second-order valence-electron chi connectivity index (χ2n) is 9.39. The molecule has 1 fully saturated rings. The van der Waals surface area contributed by atoms with E-state index in [1.807, 2.05) is 34.6 Å². The summed E-state index contributed by atoms with van der Waals surface area (Å²) in [5, 5.41) is 0. The Bertz CT molecular complexity index is 649. The Morgan fingerprint density at radius 2 is 1.66 bits per heavy atom. The predicted molar refractivity (Wildman–Crippen MR) is 135 cm³/mol. The van der Waals surface area contributed by atoms with Crippen LogP contribution in [0.3, 0.4) is 0 Å². The topological polar surface area (TPSA) is 42.0 Å². The molecule has 1 aromatic carbocycles. The molecular formula is C27H48N2O3. The van der Waals surface area contributed by atoms with Crippen LogP contribution in [-0.2, 0) is 17.7 Å². The van der Waals surface area contributed by atoms with Crippen molar-refractivity contribution < 1.29 is 14.3 Å². The lowest BCUT2D eigenvalue weighted by molar-refractivity contribution is 0.0223. The molecule has 184 valence electrons. The number of rotatable bonds is 5. The highest BCUT2D eigenvalue weighted by molar-refractivity contribution is 5.68. The molecule has 0 saturated carbocycles. The first-order chi connectivity index (χ1) is 15.3. The maximum Gasteiger partial charge on any atom is 0.410 e. The maximum atomic E-state index is 12.3. The zero-order chi connectivity index (χ0) is 24.0. The first-order valence-corrected chi connectivity index (χ1v) is 12.8. The Morgan fingerprint density at radius 1 is 1.00 bits per heavy atom. The van der Waals surface area contributed by atoms with Gasteiger partial charge in [-0.25, -0.2) is 4.79 Å². The quantitative estimate of drug-likeness (QED) is 0.471. The Hall–Kier alpha value is -1.75. The smallest absolute Gasteiger partial charge is 0.410 e. The minimum absolute atomic E-state index is 0.235. The third-order valence-corrected chi connectivity index (χ3v) is 5.18. The Morgan fingerprint density at radius 3 is 2.28 bits per heavy atom. The van der Waals surface area contributed by atoms with Crippen LogP contribution in [0.4, 0.5) is 4.79 Å². The predicted octanol–water partition coefficient (Wildman–Crippen LogP) is 6.68. The van der Waals surface area contributed by atoms with Crippen LogP contribution in [0.15, 0.2) is 18.2 Å². The molecule has 0 aromatic heterocycles. The summed E-state index contributed by atoms with van der Waals surface area (Å²) in [6, 6.07) is 6.29. The van der Waals surface area contributed by atoms with Gasteiger partial charge in [0.25, 0.3) is 0 Å². The normalized spacial score (nSPS) is 16.0. The lowest BCUT2D eigenvalue weighted by atomic mass is 10.00. The number of carbonyl (C=O) groups is 1. The van der Waals surface area contributed by atoms with E-state index in [9.17, 15) is 4.79 Å². The van der Waals surface area contributed by atoms with Crippen LogP contribution >= 0.6 is 0 Å². The van der Waals surface area contributed by atoms with E-state index in [0.717, 1.165) is 31.7 Å². The van der Waals surface area contributed by atoms with Gasteiger partial charge in [0.15, 0.2) is 0 Å². The minimum atomic E-state index is -0.462. The van der Waals surface area contributed by atoms with Crippen molar-refractivity contribution in [3.05, 3.63) is 29.3 Å². The second-order valence-corrected chi connectivity index (χ2v) is 9.39. The maximum absolute atomic E-state index is 12.3. The third-order valence-electron chi connectivity index (χ3n) is 5.18. The highest BCUT2D eigenvalue weighted by atomic mass is 16.6. The van der Waals surface area contributed by atoms with Gasteiger partial charge < -0.3 is 19.3 Å². The summed E-state index contributed by atoms with van der Waals surface area (Å²) in [7, 11) is 0. The minimum Gasteiger partial charge on any atom is -0.494 e.